The molecule has 20 heavy (non-hydrogen) atoms. The molecule has 0 amide bonds. The van der Waals surface area contributed by atoms with Crippen molar-refractivity contribution in [2.45, 2.75) is 46.2 Å². The van der Waals surface area contributed by atoms with Crippen molar-refractivity contribution in [1.29, 1.82) is 0 Å². The van der Waals surface area contributed by atoms with E-state index in [2.05, 4.69) is 61.6 Å². The van der Waals surface area contributed by atoms with Gasteiger partial charge in [-0.1, -0.05) is 36.8 Å². The molecule has 108 valence electrons. The Hall–Kier alpha value is -1.61. The number of hydrogen-bond donors (Lipinski definition) is 1. The zero-order valence-corrected chi connectivity index (χ0v) is 12.8. The summed E-state index contributed by atoms with van der Waals surface area (Å²) in [5.74, 6) is 0. The van der Waals surface area contributed by atoms with Gasteiger partial charge in [-0.05, 0) is 44.4 Å². The minimum absolute atomic E-state index is 0.470. The van der Waals surface area contributed by atoms with E-state index in [9.17, 15) is 0 Å². The Balaban J connectivity index is 2.00. The van der Waals surface area contributed by atoms with E-state index >= 15 is 0 Å². The summed E-state index contributed by atoms with van der Waals surface area (Å²) in [5.41, 5.74) is 4.02. The van der Waals surface area contributed by atoms with Gasteiger partial charge in [0.2, 0.25) is 0 Å². The summed E-state index contributed by atoms with van der Waals surface area (Å²) >= 11 is 0. The van der Waals surface area contributed by atoms with Gasteiger partial charge in [0.1, 0.15) is 0 Å². The number of aryl methyl sites for hydroxylation is 2. The first-order valence-corrected chi connectivity index (χ1v) is 7.51. The summed E-state index contributed by atoms with van der Waals surface area (Å²) in [6, 6.07) is 9.31. The van der Waals surface area contributed by atoms with Gasteiger partial charge < -0.3 is 5.32 Å². The van der Waals surface area contributed by atoms with E-state index in [0.717, 1.165) is 25.9 Å². The van der Waals surface area contributed by atoms with Gasteiger partial charge in [-0.15, -0.1) is 0 Å². The molecule has 1 aromatic heterocycles. The van der Waals surface area contributed by atoms with Crippen LogP contribution in [-0.2, 0) is 19.4 Å². The van der Waals surface area contributed by atoms with Gasteiger partial charge in [-0.25, -0.2) is 0 Å². The predicted octanol–water partition coefficient (Wildman–Crippen LogP) is 2.97. The van der Waals surface area contributed by atoms with Gasteiger partial charge >= 0.3 is 0 Å². The average molecular weight is 271 g/mol. The standard InChI is InChI=1S/C17H25N3/c1-4-18-17(10-15-8-6-14(3)7-9-15)11-16-12-19-20(5-2)13-16/h6-9,12-13,17-18H,4-5,10-11H2,1-3H3. The number of rotatable bonds is 7. The van der Waals surface area contributed by atoms with Crippen LogP contribution in [0.15, 0.2) is 36.7 Å². The molecule has 2 rings (SSSR count). The number of hydrogen-bond acceptors (Lipinski definition) is 2. The minimum atomic E-state index is 0.470. The Labute approximate surface area is 122 Å². The predicted molar refractivity (Wildman–Crippen MR) is 84.0 cm³/mol. The van der Waals surface area contributed by atoms with Crippen molar-refractivity contribution in [2.24, 2.45) is 0 Å². The molecule has 0 radical (unpaired) electrons. The SMILES string of the molecule is CCNC(Cc1ccc(C)cc1)Cc1cnn(CC)c1. The molecule has 0 fully saturated rings. The Morgan fingerprint density at radius 1 is 1.10 bits per heavy atom. The van der Waals surface area contributed by atoms with Crippen LogP contribution >= 0.6 is 0 Å². The molecule has 3 heteroatoms. The maximum atomic E-state index is 4.36. The average Bonchev–Trinajstić information content (AvgIpc) is 2.89. The van der Waals surface area contributed by atoms with Crippen LogP contribution in [0.4, 0.5) is 0 Å². The fourth-order valence-corrected chi connectivity index (χ4v) is 2.48. The van der Waals surface area contributed by atoms with Crippen molar-refractivity contribution in [2.75, 3.05) is 6.54 Å². The van der Waals surface area contributed by atoms with E-state index < -0.39 is 0 Å². The molecule has 0 aliphatic rings. The first kappa shape index (κ1) is 14.8. The van der Waals surface area contributed by atoms with Crippen molar-refractivity contribution in [3.05, 3.63) is 53.3 Å². The summed E-state index contributed by atoms with van der Waals surface area (Å²) in [6.45, 7) is 8.34. The van der Waals surface area contributed by atoms with Gasteiger partial charge in [0.05, 0.1) is 6.20 Å². The molecule has 3 nitrogen and oxygen atoms in total. The monoisotopic (exact) mass is 271 g/mol. The quantitative estimate of drug-likeness (QED) is 0.839. The van der Waals surface area contributed by atoms with Crippen LogP contribution in [0.3, 0.4) is 0 Å². The third-order valence-electron chi connectivity index (χ3n) is 3.59. The Morgan fingerprint density at radius 3 is 2.40 bits per heavy atom. The molecular weight excluding hydrogens is 246 g/mol. The highest BCUT2D eigenvalue weighted by molar-refractivity contribution is 5.22. The first-order valence-electron chi connectivity index (χ1n) is 7.51. The van der Waals surface area contributed by atoms with Gasteiger partial charge in [-0.3, -0.25) is 4.68 Å². The Morgan fingerprint density at radius 2 is 1.80 bits per heavy atom. The lowest BCUT2D eigenvalue weighted by atomic mass is 10.00. The van der Waals surface area contributed by atoms with Gasteiger partial charge in [0.15, 0.2) is 0 Å². The summed E-state index contributed by atoms with van der Waals surface area (Å²) in [5, 5.41) is 7.94. The molecule has 0 saturated carbocycles. The van der Waals surface area contributed by atoms with Crippen LogP contribution in [0.5, 0.6) is 0 Å². The number of benzene rings is 1. The second kappa shape index (κ2) is 7.25. The fourth-order valence-electron chi connectivity index (χ4n) is 2.48. The van der Waals surface area contributed by atoms with Crippen LogP contribution in [0.2, 0.25) is 0 Å². The highest BCUT2D eigenvalue weighted by atomic mass is 15.3. The summed E-state index contributed by atoms with van der Waals surface area (Å²) in [4.78, 5) is 0. The van der Waals surface area contributed by atoms with E-state index in [1.807, 2.05) is 10.9 Å². The Bertz CT molecular complexity index is 513. The highest BCUT2D eigenvalue weighted by Gasteiger charge is 2.10. The van der Waals surface area contributed by atoms with Crippen molar-refractivity contribution in [1.82, 2.24) is 15.1 Å². The lowest BCUT2D eigenvalue weighted by molar-refractivity contribution is 0.521. The summed E-state index contributed by atoms with van der Waals surface area (Å²) in [7, 11) is 0. The number of likely N-dealkylation sites (N-methyl/N-ethyl adjacent to an activating group) is 1. The van der Waals surface area contributed by atoms with E-state index in [0.29, 0.717) is 6.04 Å². The van der Waals surface area contributed by atoms with Gasteiger partial charge in [0.25, 0.3) is 0 Å². The third-order valence-corrected chi connectivity index (χ3v) is 3.59. The highest BCUT2D eigenvalue weighted by Crippen LogP contribution is 2.10. The molecule has 2 aromatic rings. The second-order valence-electron chi connectivity index (χ2n) is 5.35. The van der Waals surface area contributed by atoms with Crippen LogP contribution in [0.1, 0.15) is 30.5 Å². The Kier molecular flexibility index (Phi) is 5.36. The molecule has 0 bridgehead atoms. The maximum Gasteiger partial charge on any atom is 0.0522 e. The van der Waals surface area contributed by atoms with Crippen LogP contribution in [0.25, 0.3) is 0 Å². The van der Waals surface area contributed by atoms with Crippen molar-refractivity contribution < 1.29 is 0 Å². The number of aromatic nitrogens is 2. The molecular formula is C17H25N3. The third kappa shape index (κ3) is 4.20. The molecule has 1 N–H and O–H groups in total. The van der Waals surface area contributed by atoms with Crippen LogP contribution in [0, 0.1) is 6.92 Å². The molecule has 1 aromatic carbocycles. The number of nitrogens with zero attached hydrogens (tertiary/aromatic N) is 2. The van der Waals surface area contributed by atoms with E-state index in [1.54, 1.807) is 0 Å². The lowest BCUT2D eigenvalue weighted by Gasteiger charge is -2.17. The van der Waals surface area contributed by atoms with Crippen molar-refractivity contribution in [3.63, 3.8) is 0 Å². The molecule has 0 saturated heterocycles. The summed E-state index contributed by atoms with van der Waals surface area (Å²) in [6.07, 6.45) is 6.23. The molecule has 0 spiro atoms. The van der Waals surface area contributed by atoms with Crippen LogP contribution in [-0.4, -0.2) is 22.4 Å². The minimum Gasteiger partial charge on any atom is -0.314 e. The van der Waals surface area contributed by atoms with Gasteiger partial charge in [0, 0.05) is 18.8 Å². The van der Waals surface area contributed by atoms with E-state index in [4.69, 9.17) is 0 Å². The zero-order valence-electron chi connectivity index (χ0n) is 12.8. The lowest BCUT2D eigenvalue weighted by Crippen LogP contribution is -2.32. The first-order chi connectivity index (χ1) is 9.71. The smallest absolute Gasteiger partial charge is 0.0522 e. The fraction of sp³-hybridized carbons (Fsp3) is 0.471. The van der Waals surface area contributed by atoms with Gasteiger partial charge in [-0.2, -0.15) is 5.10 Å². The normalized spacial score (nSPS) is 12.6. The molecule has 1 atom stereocenters. The molecule has 1 heterocycles. The molecule has 0 aliphatic carbocycles. The van der Waals surface area contributed by atoms with E-state index in [-0.39, 0.29) is 0 Å². The molecule has 0 aliphatic heterocycles. The van der Waals surface area contributed by atoms with E-state index in [1.165, 1.54) is 16.7 Å². The maximum absolute atomic E-state index is 4.36. The second-order valence-corrected chi connectivity index (χ2v) is 5.35. The van der Waals surface area contributed by atoms with Crippen molar-refractivity contribution >= 4 is 0 Å². The van der Waals surface area contributed by atoms with Crippen molar-refractivity contribution in [3.8, 4) is 0 Å². The zero-order chi connectivity index (χ0) is 14.4. The largest absolute Gasteiger partial charge is 0.314 e. The molecule has 1 unspecified atom stereocenters. The topological polar surface area (TPSA) is 29.9 Å². The van der Waals surface area contributed by atoms with Crippen LogP contribution < -0.4 is 5.32 Å². The summed E-state index contributed by atoms with van der Waals surface area (Å²) < 4.78 is 1.99. The number of nitrogens with one attached hydrogen (secondary N) is 1.